The van der Waals surface area contributed by atoms with E-state index in [1.54, 1.807) is 4.57 Å². The highest BCUT2D eigenvalue weighted by atomic mass is 35.5. The Labute approximate surface area is 140 Å². The molecule has 122 valence electrons. The maximum Gasteiger partial charge on any atom is 0.342 e. The third kappa shape index (κ3) is 2.62. The Morgan fingerprint density at radius 3 is 2.83 bits per heavy atom. The molecule has 3 rings (SSSR count). The second-order valence-corrected chi connectivity index (χ2v) is 7.11. The van der Waals surface area contributed by atoms with Crippen LogP contribution in [0, 0.1) is 5.82 Å². The van der Waals surface area contributed by atoms with Crippen molar-refractivity contribution in [3.8, 4) is 0 Å². The summed E-state index contributed by atoms with van der Waals surface area (Å²) < 4.78 is 15.6. The fraction of sp³-hybridized carbons (Fsp3) is 0.333. The molecule has 1 N–H and O–H groups in total. The van der Waals surface area contributed by atoms with Crippen LogP contribution in [0.2, 0.25) is 5.02 Å². The number of carboxylic acids is 1. The summed E-state index contributed by atoms with van der Waals surface area (Å²) in [5.41, 5.74) is -0.504. The van der Waals surface area contributed by atoms with Crippen LogP contribution in [0.3, 0.4) is 0 Å². The van der Waals surface area contributed by atoms with E-state index in [1.165, 1.54) is 17.8 Å². The van der Waals surface area contributed by atoms with Gasteiger partial charge in [-0.1, -0.05) is 11.6 Å². The van der Waals surface area contributed by atoms with Crippen molar-refractivity contribution in [2.24, 2.45) is 0 Å². The molecule has 2 aromatic rings. The van der Waals surface area contributed by atoms with Crippen molar-refractivity contribution in [1.82, 2.24) is 9.47 Å². The number of thioether (sulfide) groups is 1. The molecule has 1 aliphatic rings. The Morgan fingerprint density at radius 1 is 1.52 bits per heavy atom. The summed E-state index contributed by atoms with van der Waals surface area (Å²) in [6.07, 6.45) is 0. The smallest absolute Gasteiger partial charge is 0.342 e. The Bertz CT molecular complexity index is 881. The number of hydrogen-bond acceptors (Lipinski definition) is 4. The average Bonchev–Trinajstić information content (AvgIpc) is 2.83. The summed E-state index contributed by atoms with van der Waals surface area (Å²) >= 11 is 7.20. The number of hydrogen-bond donors (Lipinski definition) is 1. The van der Waals surface area contributed by atoms with E-state index in [1.807, 2.05) is 19.0 Å². The molecule has 0 fully saturated rings. The number of aromatic carboxylic acids is 1. The number of carboxylic acid groups (broad SMARTS) is 1. The molecule has 0 saturated heterocycles. The molecule has 1 aliphatic heterocycles. The lowest BCUT2D eigenvalue weighted by Gasteiger charge is -2.21. The van der Waals surface area contributed by atoms with Gasteiger partial charge in [0, 0.05) is 17.7 Å². The summed E-state index contributed by atoms with van der Waals surface area (Å²) in [5.74, 6) is -1.39. The van der Waals surface area contributed by atoms with Crippen LogP contribution in [-0.4, -0.2) is 46.9 Å². The van der Waals surface area contributed by atoms with Crippen molar-refractivity contribution in [2.75, 3.05) is 26.4 Å². The van der Waals surface area contributed by atoms with Crippen LogP contribution < -0.4 is 5.43 Å². The maximum atomic E-state index is 13.8. The highest BCUT2D eigenvalue weighted by Gasteiger charge is 2.31. The number of halogens is 2. The van der Waals surface area contributed by atoms with E-state index in [0.717, 1.165) is 6.07 Å². The van der Waals surface area contributed by atoms with Crippen LogP contribution in [0.15, 0.2) is 22.0 Å². The number of carbonyl (C=O) groups is 1. The van der Waals surface area contributed by atoms with Crippen LogP contribution in [0.25, 0.3) is 10.9 Å². The highest BCUT2D eigenvalue weighted by molar-refractivity contribution is 7.99. The van der Waals surface area contributed by atoms with Crippen molar-refractivity contribution >= 4 is 40.2 Å². The Morgan fingerprint density at radius 2 is 2.22 bits per heavy atom. The molecule has 0 aliphatic carbocycles. The number of fused-ring (bicyclic) bond motifs is 3. The molecule has 0 radical (unpaired) electrons. The van der Waals surface area contributed by atoms with E-state index in [2.05, 4.69) is 0 Å². The van der Waals surface area contributed by atoms with E-state index < -0.39 is 17.2 Å². The largest absolute Gasteiger partial charge is 0.477 e. The summed E-state index contributed by atoms with van der Waals surface area (Å²) in [6, 6.07) is 2.40. The minimum absolute atomic E-state index is 0.0206. The number of rotatable bonds is 3. The molecule has 0 bridgehead atoms. The van der Waals surface area contributed by atoms with Gasteiger partial charge in [0.2, 0.25) is 5.43 Å². The van der Waals surface area contributed by atoms with Gasteiger partial charge in [0.25, 0.3) is 0 Å². The quantitative estimate of drug-likeness (QED) is 0.916. The van der Waals surface area contributed by atoms with Crippen molar-refractivity contribution in [3.63, 3.8) is 0 Å². The van der Waals surface area contributed by atoms with Crippen molar-refractivity contribution in [1.29, 1.82) is 0 Å². The summed E-state index contributed by atoms with van der Waals surface area (Å²) in [7, 11) is 3.83. The molecule has 8 heteroatoms. The first-order valence-corrected chi connectivity index (χ1v) is 8.25. The zero-order valence-electron chi connectivity index (χ0n) is 12.5. The number of likely N-dealkylation sites (N-methyl/N-ethyl adjacent to an activating group) is 1. The molecular formula is C15H14ClFN2O3S. The number of nitrogens with zero attached hydrogens (tertiary/aromatic N) is 2. The van der Waals surface area contributed by atoms with Crippen LogP contribution in [-0.2, 0) is 0 Å². The van der Waals surface area contributed by atoms with E-state index in [-0.39, 0.29) is 22.0 Å². The highest BCUT2D eigenvalue weighted by Crippen LogP contribution is 2.39. The molecule has 1 aromatic carbocycles. The van der Waals surface area contributed by atoms with Gasteiger partial charge < -0.3 is 14.6 Å². The maximum absolute atomic E-state index is 13.8. The van der Waals surface area contributed by atoms with Gasteiger partial charge in [0.05, 0.1) is 21.6 Å². The number of pyridine rings is 1. The van der Waals surface area contributed by atoms with E-state index in [4.69, 9.17) is 11.6 Å². The lowest BCUT2D eigenvalue weighted by atomic mass is 10.1. The van der Waals surface area contributed by atoms with E-state index >= 15 is 0 Å². The Balaban J connectivity index is 2.41. The summed E-state index contributed by atoms with van der Waals surface area (Å²) in [5, 5.41) is 9.78. The molecule has 1 atom stereocenters. The van der Waals surface area contributed by atoms with Crippen molar-refractivity contribution in [2.45, 2.75) is 11.1 Å². The van der Waals surface area contributed by atoms with Gasteiger partial charge in [0.1, 0.15) is 11.4 Å². The minimum Gasteiger partial charge on any atom is -0.477 e. The summed E-state index contributed by atoms with van der Waals surface area (Å²) in [4.78, 5) is 26.0. The third-order valence-electron chi connectivity index (χ3n) is 3.77. The first-order valence-electron chi connectivity index (χ1n) is 6.89. The van der Waals surface area contributed by atoms with Crippen LogP contribution in [0.1, 0.15) is 16.4 Å². The topological polar surface area (TPSA) is 62.5 Å². The van der Waals surface area contributed by atoms with E-state index in [9.17, 15) is 19.1 Å². The standard InChI is InChI=1S/C15H14ClFN2O3S/c1-18(2)5-7-6-23-14-12(15(21)22)13(20)8-3-10(17)9(16)4-11(8)19(7)14/h3-4,7H,5-6H2,1-2H3,(H,21,22). The zero-order chi connectivity index (χ0) is 16.9. The summed E-state index contributed by atoms with van der Waals surface area (Å²) in [6.45, 7) is 0.673. The van der Waals surface area contributed by atoms with Gasteiger partial charge in [-0.3, -0.25) is 4.79 Å². The first kappa shape index (κ1) is 16.3. The lowest BCUT2D eigenvalue weighted by molar-refractivity contribution is 0.0690. The van der Waals surface area contributed by atoms with Gasteiger partial charge in [0.15, 0.2) is 0 Å². The first-order chi connectivity index (χ1) is 10.8. The second kappa shape index (κ2) is 5.81. The molecule has 1 unspecified atom stereocenters. The Hall–Kier alpha value is -1.57. The molecule has 2 heterocycles. The number of benzene rings is 1. The fourth-order valence-corrected chi connectivity index (χ4v) is 4.35. The monoisotopic (exact) mass is 356 g/mol. The lowest BCUT2D eigenvalue weighted by Crippen LogP contribution is -2.27. The Kier molecular flexibility index (Phi) is 4.12. The molecule has 0 spiro atoms. The van der Waals surface area contributed by atoms with Crippen molar-refractivity contribution < 1.29 is 14.3 Å². The second-order valence-electron chi connectivity index (χ2n) is 5.69. The van der Waals surface area contributed by atoms with Crippen LogP contribution >= 0.6 is 23.4 Å². The van der Waals surface area contributed by atoms with Gasteiger partial charge >= 0.3 is 5.97 Å². The van der Waals surface area contributed by atoms with Crippen LogP contribution in [0.4, 0.5) is 4.39 Å². The van der Waals surface area contributed by atoms with Gasteiger partial charge in [-0.15, -0.1) is 11.8 Å². The molecule has 0 amide bonds. The molecule has 0 saturated carbocycles. The van der Waals surface area contributed by atoms with Gasteiger partial charge in [-0.2, -0.15) is 0 Å². The van der Waals surface area contributed by atoms with Crippen molar-refractivity contribution in [3.05, 3.63) is 38.8 Å². The van der Waals surface area contributed by atoms with E-state index in [0.29, 0.717) is 22.8 Å². The fourth-order valence-electron chi connectivity index (χ4n) is 2.88. The third-order valence-corrected chi connectivity index (χ3v) is 5.29. The van der Waals surface area contributed by atoms with Gasteiger partial charge in [-0.25, -0.2) is 9.18 Å². The zero-order valence-corrected chi connectivity index (χ0v) is 14.0. The normalized spacial score (nSPS) is 17.0. The molecule has 1 aromatic heterocycles. The molecular weight excluding hydrogens is 343 g/mol. The molecule has 23 heavy (non-hydrogen) atoms. The predicted octanol–water partition coefficient (Wildman–Crippen LogP) is 2.70. The SMILES string of the molecule is CN(C)CC1CSc2c(C(=O)O)c(=O)c3cc(F)c(Cl)cc3n21. The number of aromatic nitrogens is 1. The minimum atomic E-state index is -1.30. The predicted molar refractivity (Wildman–Crippen MR) is 88.5 cm³/mol. The molecule has 5 nitrogen and oxygen atoms in total. The van der Waals surface area contributed by atoms with Gasteiger partial charge in [-0.05, 0) is 26.2 Å². The average molecular weight is 357 g/mol. The van der Waals surface area contributed by atoms with Crippen LogP contribution in [0.5, 0.6) is 0 Å².